The Morgan fingerprint density at radius 3 is 2.76 bits per heavy atom. The van der Waals surface area contributed by atoms with Gasteiger partial charge >= 0.3 is 0 Å². The highest BCUT2D eigenvalue weighted by atomic mass is 35.5. The quantitative estimate of drug-likeness (QED) is 0.313. The van der Waals surface area contributed by atoms with E-state index in [1.165, 1.54) is 0 Å². The summed E-state index contributed by atoms with van der Waals surface area (Å²) in [6.07, 6.45) is 7.16. The lowest BCUT2D eigenvalue weighted by Crippen LogP contribution is -2.19. The number of halogens is 1. The van der Waals surface area contributed by atoms with Crippen molar-refractivity contribution in [2.45, 2.75) is 0 Å². The second-order valence-corrected chi connectivity index (χ2v) is 8.35. The zero-order chi connectivity index (χ0) is 22.8. The molecule has 2 N–H and O–H groups in total. The van der Waals surface area contributed by atoms with Crippen LogP contribution in [0.15, 0.2) is 67.3 Å². The van der Waals surface area contributed by atoms with E-state index in [1.807, 2.05) is 56.7 Å². The minimum absolute atomic E-state index is 0.556. The second-order valence-electron chi connectivity index (χ2n) is 7.94. The average Bonchev–Trinajstić information content (AvgIpc) is 3.35. The van der Waals surface area contributed by atoms with Crippen LogP contribution in [0, 0.1) is 0 Å². The van der Waals surface area contributed by atoms with Gasteiger partial charge in [-0.1, -0.05) is 23.7 Å². The van der Waals surface area contributed by atoms with E-state index >= 15 is 0 Å². The number of nitrogens with one attached hydrogen (secondary N) is 2. The number of aromatic nitrogens is 4. The van der Waals surface area contributed by atoms with Crippen molar-refractivity contribution in [2.24, 2.45) is 0 Å². The lowest BCUT2D eigenvalue weighted by Gasteiger charge is -2.15. The SMILES string of the molecule is CN(C)CCOc1ccc(Nc2nc3c(-c4ncc[nH]4)cccc3c3cnccc23)c(Cl)c1. The predicted octanol–water partition coefficient (Wildman–Crippen LogP) is 5.51. The smallest absolute Gasteiger partial charge is 0.139 e. The fraction of sp³-hybridized carbons (Fsp3) is 0.160. The van der Waals surface area contributed by atoms with Gasteiger partial charge in [-0.2, -0.15) is 0 Å². The molecule has 0 saturated heterocycles. The molecular formula is C25H23ClN6O. The van der Waals surface area contributed by atoms with Gasteiger partial charge in [0.2, 0.25) is 0 Å². The number of aromatic amines is 1. The van der Waals surface area contributed by atoms with Gasteiger partial charge in [-0.25, -0.2) is 9.97 Å². The summed E-state index contributed by atoms with van der Waals surface area (Å²) in [6, 6.07) is 13.7. The number of benzene rings is 2. The van der Waals surface area contributed by atoms with Gasteiger partial charge in [0.15, 0.2) is 0 Å². The van der Waals surface area contributed by atoms with E-state index in [4.69, 9.17) is 21.3 Å². The Morgan fingerprint density at radius 1 is 1.06 bits per heavy atom. The summed E-state index contributed by atoms with van der Waals surface area (Å²) in [5.41, 5.74) is 2.49. The highest BCUT2D eigenvalue weighted by Crippen LogP contribution is 2.36. The van der Waals surface area contributed by atoms with Gasteiger partial charge < -0.3 is 19.9 Å². The van der Waals surface area contributed by atoms with Crippen molar-refractivity contribution in [1.82, 2.24) is 24.8 Å². The molecule has 33 heavy (non-hydrogen) atoms. The zero-order valence-electron chi connectivity index (χ0n) is 18.3. The first kappa shape index (κ1) is 21.2. The Bertz CT molecular complexity index is 1420. The fourth-order valence-corrected chi connectivity index (χ4v) is 3.95. The molecule has 0 radical (unpaired) electrons. The third kappa shape index (κ3) is 4.33. The Balaban J connectivity index is 1.56. The van der Waals surface area contributed by atoms with Gasteiger partial charge in [-0.3, -0.25) is 4.98 Å². The monoisotopic (exact) mass is 458 g/mol. The third-order valence-electron chi connectivity index (χ3n) is 5.38. The largest absolute Gasteiger partial charge is 0.492 e. The number of nitrogens with zero attached hydrogens (tertiary/aromatic N) is 4. The standard InChI is InChI=1S/C25H23ClN6O/c1-32(2)12-13-33-16-6-7-22(21(26)14-16)30-25-18-8-9-27-15-20(18)17-4-3-5-19(23(17)31-25)24-28-10-11-29-24/h3-11,14-15H,12-13H2,1-2H3,(H,28,29)(H,30,31). The van der Waals surface area contributed by atoms with Gasteiger partial charge in [-0.05, 0) is 38.4 Å². The van der Waals surface area contributed by atoms with Gasteiger partial charge in [-0.15, -0.1) is 0 Å². The number of anilines is 2. The lowest BCUT2D eigenvalue weighted by molar-refractivity contribution is 0.261. The molecule has 5 aromatic rings. The number of ether oxygens (including phenoxy) is 1. The summed E-state index contributed by atoms with van der Waals surface area (Å²) >= 11 is 6.59. The van der Waals surface area contributed by atoms with Crippen LogP contribution in [-0.4, -0.2) is 52.1 Å². The Labute approximate surface area is 196 Å². The molecular weight excluding hydrogens is 436 g/mol. The number of para-hydroxylation sites is 1. The average molecular weight is 459 g/mol. The van der Waals surface area contributed by atoms with Crippen molar-refractivity contribution in [3.8, 4) is 17.1 Å². The second kappa shape index (κ2) is 9.05. The molecule has 3 heterocycles. The Morgan fingerprint density at radius 2 is 1.97 bits per heavy atom. The van der Waals surface area contributed by atoms with E-state index in [-0.39, 0.29) is 0 Å². The number of likely N-dealkylation sites (N-methyl/N-ethyl adjacent to an activating group) is 1. The lowest BCUT2D eigenvalue weighted by atomic mass is 10.0. The van der Waals surface area contributed by atoms with Crippen LogP contribution in [0.5, 0.6) is 5.75 Å². The molecule has 0 spiro atoms. The predicted molar refractivity (Wildman–Crippen MR) is 133 cm³/mol. The molecule has 0 aliphatic rings. The molecule has 166 valence electrons. The normalized spacial score (nSPS) is 11.4. The Hall–Kier alpha value is -3.68. The summed E-state index contributed by atoms with van der Waals surface area (Å²) in [6.45, 7) is 1.42. The summed E-state index contributed by atoms with van der Waals surface area (Å²) in [7, 11) is 4.02. The van der Waals surface area contributed by atoms with Crippen molar-refractivity contribution in [3.05, 3.63) is 72.3 Å². The summed E-state index contributed by atoms with van der Waals surface area (Å²) in [4.78, 5) is 19.0. The van der Waals surface area contributed by atoms with Crippen molar-refractivity contribution in [1.29, 1.82) is 0 Å². The highest BCUT2D eigenvalue weighted by Gasteiger charge is 2.15. The van der Waals surface area contributed by atoms with E-state index in [0.29, 0.717) is 17.4 Å². The highest BCUT2D eigenvalue weighted by molar-refractivity contribution is 6.33. The summed E-state index contributed by atoms with van der Waals surface area (Å²) < 4.78 is 5.80. The van der Waals surface area contributed by atoms with Crippen LogP contribution in [0.4, 0.5) is 11.5 Å². The molecule has 0 fully saturated rings. The maximum atomic E-state index is 6.59. The number of hydrogen-bond acceptors (Lipinski definition) is 6. The first-order chi connectivity index (χ1) is 16.1. The van der Waals surface area contributed by atoms with Crippen LogP contribution >= 0.6 is 11.6 Å². The maximum Gasteiger partial charge on any atom is 0.139 e. The fourth-order valence-electron chi connectivity index (χ4n) is 3.73. The molecule has 2 aromatic carbocycles. The molecule has 0 unspecified atom stereocenters. The minimum Gasteiger partial charge on any atom is -0.492 e. The van der Waals surface area contributed by atoms with Crippen molar-refractivity contribution >= 4 is 44.8 Å². The number of imidazole rings is 1. The molecule has 7 nitrogen and oxygen atoms in total. The van der Waals surface area contributed by atoms with Crippen LogP contribution in [0.3, 0.4) is 0 Å². The van der Waals surface area contributed by atoms with Crippen molar-refractivity contribution < 1.29 is 4.74 Å². The molecule has 8 heteroatoms. The molecule has 0 aliphatic carbocycles. The van der Waals surface area contributed by atoms with Gasteiger partial charge in [0.1, 0.15) is 24.0 Å². The van der Waals surface area contributed by atoms with Gasteiger partial charge in [0.25, 0.3) is 0 Å². The van der Waals surface area contributed by atoms with Crippen LogP contribution in [-0.2, 0) is 0 Å². The van der Waals surface area contributed by atoms with Crippen molar-refractivity contribution in [2.75, 3.05) is 32.6 Å². The molecule has 0 amide bonds. The summed E-state index contributed by atoms with van der Waals surface area (Å²) in [5.74, 6) is 2.19. The first-order valence-corrected chi connectivity index (χ1v) is 11.0. The molecule has 0 atom stereocenters. The van der Waals surface area contributed by atoms with Crippen molar-refractivity contribution in [3.63, 3.8) is 0 Å². The molecule has 0 saturated carbocycles. The molecule has 0 bridgehead atoms. The number of fused-ring (bicyclic) bond motifs is 3. The van der Waals surface area contributed by atoms with E-state index in [2.05, 4.69) is 31.2 Å². The van der Waals surface area contributed by atoms with E-state index in [0.717, 1.165) is 51.0 Å². The third-order valence-corrected chi connectivity index (χ3v) is 5.69. The summed E-state index contributed by atoms with van der Waals surface area (Å²) in [5, 5.41) is 6.93. The number of H-pyrrole nitrogens is 1. The topological polar surface area (TPSA) is 79.0 Å². The van der Waals surface area contributed by atoms with Crippen LogP contribution < -0.4 is 10.1 Å². The van der Waals surface area contributed by atoms with E-state index in [1.54, 1.807) is 18.6 Å². The number of pyridine rings is 2. The zero-order valence-corrected chi connectivity index (χ0v) is 19.1. The van der Waals surface area contributed by atoms with E-state index < -0.39 is 0 Å². The van der Waals surface area contributed by atoms with E-state index in [9.17, 15) is 0 Å². The van der Waals surface area contributed by atoms with Crippen LogP contribution in [0.25, 0.3) is 33.1 Å². The number of rotatable bonds is 7. The van der Waals surface area contributed by atoms with Crippen LogP contribution in [0.1, 0.15) is 0 Å². The molecule has 0 aliphatic heterocycles. The molecule has 5 rings (SSSR count). The minimum atomic E-state index is 0.556. The number of hydrogen-bond donors (Lipinski definition) is 2. The maximum absolute atomic E-state index is 6.59. The van der Waals surface area contributed by atoms with Gasteiger partial charge in [0, 0.05) is 59.1 Å². The van der Waals surface area contributed by atoms with Gasteiger partial charge in [0.05, 0.1) is 16.2 Å². The first-order valence-electron chi connectivity index (χ1n) is 10.6. The molecule has 3 aromatic heterocycles. The Kier molecular flexibility index (Phi) is 5.81. The van der Waals surface area contributed by atoms with Crippen LogP contribution in [0.2, 0.25) is 5.02 Å².